The third-order valence-electron chi connectivity index (χ3n) is 1.72. The predicted octanol–water partition coefficient (Wildman–Crippen LogP) is 1.67. The highest BCUT2D eigenvalue weighted by Crippen LogP contribution is 2.18. The molecule has 1 aromatic rings. The summed E-state index contributed by atoms with van der Waals surface area (Å²) in [4.78, 5) is 11.0. The first-order valence-corrected chi connectivity index (χ1v) is 4.30. The van der Waals surface area contributed by atoms with Crippen molar-refractivity contribution < 1.29 is 5.21 Å². The number of hydrogen-bond donors (Lipinski definition) is 1. The van der Waals surface area contributed by atoms with Crippen molar-refractivity contribution in [1.82, 2.24) is 4.73 Å². The van der Waals surface area contributed by atoms with Gasteiger partial charge in [0.25, 0.3) is 5.56 Å². The van der Waals surface area contributed by atoms with E-state index in [2.05, 4.69) is 20.8 Å². The van der Waals surface area contributed by atoms with E-state index < -0.39 is 0 Å². The molecule has 0 radical (unpaired) electrons. The van der Waals surface area contributed by atoms with Gasteiger partial charge in [0.2, 0.25) is 0 Å². The fourth-order valence-corrected chi connectivity index (χ4v) is 1.20. The van der Waals surface area contributed by atoms with Crippen molar-refractivity contribution in [2.24, 2.45) is 5.41 Å². The first-order valence-electron chi connectivity index (χ1n) is 4.30. The Labute approximate surface area is 77.6 Å². The lowest BCUT2D eigenvalue weighted by Gasteiger charge is -2.18. The summed E-state index contributed by atoms with van der Waals surface area (Å²) in [7, 11) is 0. The number of pyridine rings is 1. The molecule has 72 valence electrons. The summed E-state index contributed by atoms with van der Waals surface area (Å²) in [5.41, 5.74) is 0.347. The second-order valence-electron chi connectivity index (χ2n) is 4.40. The Hall–Kier alpha value is -1.25. The smallest absolute Gasteiger partial charge is 0.283 e. The van der Waals surface area contributed by atoms with Crippen molar-refractivity contribution >= 4 is 0 Å². The molecule has 0 aliphatic rings. The van der Waals surface area contributed by atoms with Gasteiger partial charge in [-0.1, -0.05) is 26.8 Å². The van der Waals surface area contributed by atoms with Crippen molar-refractivity contribution in [2.75, 3.05) is 0 Å². The van der Waals surface area contributed by atoms with Crippen molar-refractivity contribution in [1.29, 1.82) is 0 Å². The van der Waals surface area contributed by atoms with Crippen LogP contribution in [0.25, 0.3) is 0 Å². The minimum Gasteiger partial charge on any atom is -0.425 e. The zero-order chi connectivity index (χ0) is 10.1. The van der Waals surface area contributed by atoms with Crippen molar-refractivity contribution in [3.05, 3.63) is 34.2 Å². The molecule has 0 bridgehead atoms. The lowest BCUT2D eigenvalue weighted by molar-refractivity contribution is 0.158. The van der Waals surface area contributed by atoms with Gasteiger partial charge in [0, 0.05) is 6.07 Å². The molecule has 0 unspecified atom stereocenters. The summed E-state index contributed by atoms with van der Waals surface area (Å²) in [5, 5.41) is 9.37. The molecule has 0 saturated heterocycles. The number of aromatic nitrogens is 1. The first kappa shape index (κ1) is 9.84. The van der Waals surface area contributed by atoms with Gasteiger partial charge >= 0.3 is 0 Å². The third-order valence-corrected chi connectivity index (χ3v) is 1.72. The van der Waals surface area contributed by atoms with Gasteiger partial charge in [-0.05, 0) is 17.9 Å². The van der Waals surface area contributed by atoms with Crippen LogP contribution < -0.4 is 5.56 Å². The fraction of sp³-hybridized carbons (Fsp3) is 0.500. The average Bonchev–Trinajstić information content (AvgIpc) is 1.96. The lowest BCUT2D eigenvalue weighted by Crippen LogP contribution is -2.23. The maximum absolute atomic E-state index is 11.0. The van der Waals surface area contributed by atoms with Crippen LogP contribution in [0, 0.1) is 5.41 Å². The van der Waals surface area contributed by atoms with Crippen LogP contribution in [0.3, 0.4) is 0 Å². The van der Waals surface area contributed by atoms with Crippen LogP contribution in [0.2, 0.25) is 0 Å². The molecule has 1 aromatic heterocycles. The largest absolute Gasteiger partial charge is 0.425 e. The monoisotopic (exact) mass is 181 g/mol. The summed E-state index contributed by atoms with van der Waals surface area (Å²) in [5.74, 6) is 0. The molecule has 1 N–H and O–H groups in total. The maximum atomic E-state index is 11.0. The predicted molar refractivity (Wildman–Crippen MR) is 51.0 cm³/mol. The summed E-state index contributed by atoms with van der Waals surface area (Å²) in [6.07, 6.45) is 0.680. The second-order valence-corrected chi connectivity index (χ2v) is 4.40. The minimum atomic E-state index is -0.373. The van der Waals surface area contributed by atoms with Crippen LogP contribution in [0.1, 0.15) is 26.5 Å². The molecule has 0 atom stereocenters. The van der Waals surface area contributed by atoms with Crippen LogP contribution in [0.4, 0.5) is 0 Å². The van der Waals surface area contributed by atoms with Crippen molar-refractivity contribution in [3.8, 4) is 0 Å². The molecular formula is C10H15NO2. The van der Waals surface area contributed by atoms with Gasteiger partial charge in [0.1, 0.15) is 0 Å². The van der Waals surface area contributed by atoms with Crippen LogP contribution in [-0.2, 0) is 6.42 Å². The zero-order valence-corrected chi connectivity index (χ0v) is 8.24. The van der Waals surface area contributed by atoms with Crippen LogP contribution in [-0.4, -0.2) is 9.94 Å². The second kappa shape index (κ2) is 3.24. The van der Waals surface area contributed by atoms with Gasteiger partial charge in [-0.3, -0.25) is 4.79 Å². The first-order chi connectivity index (χ1) is 5.90. The highest BCUT2D eigenvalue weighted by atomic mass is 16.5. The molecule has 0 amide bonds. The Bertz CT molecular complexity index is 347. The van der Waals surface area contributed by atoms with E-state index in [0.29, 0.717) is 16.8 Å². The standard InChI is InChI=1S/C10H15NO2/c1-10(2,3)7-8-5-4-6-9(12)11(8)13/h4-6,13H,7H2,1-3H3. The average molecular weight is 181 g/mol. The van der Waals surface area contributed by atoms with Crippen LogP contribution in [0.15, 0.2) is 23.0 Å². The highest BCUT2D eigenvalue weighted by molar-refractivity contribution is 5.06. The molecule has 0 saturated carbocycles. The van der Waals surface area contributed by atoms with Gasteiger partial charge in [-0.15, -0.1) is 0 Å². The van der Waals surface area contributed by atoms with Gasteiger partial charge < -0.3 is 5.21 Å². The molecule has 0 fully saturated rings. The number of hydrogen-bond acceptors (Lipinski definition) is 2. The number of rotatable bonds is 1. The Kier molecular flexibility index (Phi) is 2.45. The molecule has 3 heteroatoms. The zero-order valence-electron chi connectivity index (χ0n) is 8.24. The quantitative estimate of drug-likeness (QED) is 0.670. The van der Waals surface area contributed by atoms with Gasteiger partial charge in [-0.25, -0.2) is 0 Å². The molecule has 0 spiro atoms. The summed E-state index contributed by atoms with van der Waals surface area (Å²) in [6, 6.07) is 4.76. The van der Waals surface area contributed by atoms with Gasteiger partial charge in [-0.2, -0.15) is 4.73 Å². The van der Waals surface area contributed by atoms with Crippen LogP contribution in [0.5, 0.6) is 0 Å². The van der Waals surface area contributed by atoms with E-state index in [0.717, 1.165) is 0 Å². The molecule has 0 aliphatic heterocycles. The highest BCUT2D eigenvalue weighted by Gasteiger charge is 2.13. The summed E-state index contributed by atoms with van der Waals surface area (Å²) < 4.78 is 0.714. The lowest BCUT2D eigenvalue weighted by atomic mass is 9.90. The third kappa shape index (κ3) is 2.61. The Balaban J connectivity index is 3.03. The van der Waals surface area contributed by atoms with Gasteiger partial charge in [0.05, 0.1) is 5.69 Å². The van der Waals surface area contributed by atoms with E-state index in [1.54, 1.807) is 12.1 Å². The molecule has 1 heterocycles. The SMILES string of the molecule is CC(C)(C)Cc1cccc(=O)n1O. The molecule has 0 aliphatic carbocycles. The fourth-order valence-electron chi connectivity index (χ4n) is 1.20. The Morgan fingerprint density at radius 1 is 1.38 bits per heavy atom. The van der Waals surface area contributed by atoms with Crippen LogP contribution >= 0.6 is 0 Å². The van der Waals surface area contributed by atoms with Crippen molar-refractivity contribution in [2.45, 2.75) is 27.2 Å². The Morgan fingerprint density at radius 2 is 2.00 bits per heavy atom. The van der Waals surface area contributed by atoms with E-state index in [1.807, 2.05) is 0 Å². The number of nitrogens with zero attached hydrogens (tertiary/aromatic N) is 1. The molecule has 0 aromatic carbocycles. The Morgan fingerprint density at radius 3 is 2.54 bits per heavy atom. The van der Waals surface area contributed by atoms with E-state index in [9.17, 15) is 10.0 Å². The van der Waals surface area contributed by atoms with Crippen molar-refractivity contribution in [3.63, 3.8) is 0 Å². The topological polar surface area (TPSA) is 42.2 Å². The normalized spacial score (nSPS) is 11.6. The molecule has 13 heavy (non-hydrogen) atoms. The molecule has 1 rings (SSSR count). The van der Waals surface area contributed by atoms with Gasteiger partial charge in [0.15, 0.2) is 0 Å². The van der Waals surface area contributed by atoms with E-state index in [-0.39, 0.29) is 11.0 Å². The maximum Gasteiger partial charge on any atom is 0.283 e. The summed E-state index contributed by atoms with van der Waals surface area (Å²) >= 11 is 0. The molecular weight excluding hydrogens is 166 g/mol. The summed E-state index contributed by atoms with van der Waals surface area (Å²) in [6.45, 7) is 6.18. The van der Waals surface area contributed by atoms with E-state index in [4.69, 9.17) is 0 Å². The molecule has 3 nitrogen and oxygen atoms in total. The van der Waals surface area contributed by atoms with E-state index >= 15 is 0 Å². The van der Waals surface area contributed by atoms with E-state index in [1.165, 1.54) is 6.07 Å². The minimum absolute atomic E-state index is 0.0677.